The fraction of sp³-hybridized carbons (Fsp3) is 0.231. The zero-order valence-electron chi connectivity index (χ0n) is 11.1. The van der Waals surface area contributed by atoms with E-state index in [1.54, 1.807) is 17.0 Å². The molecule has 0 fully saturated rings. The van der Waals surface area contributed by atoms with E-state index in [9.17, 15) is 4.79 Å². The van der Waals surface area contributed by atoms with Crippen molar-refractivity contribution in [3.63, 3.8) is 0 Å². The fourth-order valence-electron chi connectivity index (χ4n) is 2.06. The maximum Gasteiger partial charge on any atom is 0.261 e. The largest absolute Gasteiger partial charge is 0.374 e. The lowest BCUT2D eigenvalue weighted by Gasteiger charge is -2.12. The summed E-state index contributed by atoms with van der Waals surface area (Å²) in [7, 11) is 0. The number of nitrogens with zero attached hydrogens (tertiary/aromatic N) is 4. The van der Waals surface area contributed by atoms with Crippen molar-refractivity contribution in [3.8, 4) is 0 Å². The number of aromatic nitrogens is 4. The quantitative estimate of drug-likeness (QED) is 0.776. The second kappa shape index (κ2) is 4.68. The van der Waals surface area contributed by atoms with Crippen LogP contribution < -0.4 is 11.3 Å². The van der Waals surface area contributed by atoms with Gasteiger partial charge in [0, 0.05) is 0 Å². The molecule has 0 saturated carbocycles. The van der Waals surface area contributed by atoms with Crippen molar-refractivity contribution < 1.29 is 0 Å². The van der Waals surface area contributed by atoms with Crippen LogP contribution in [0.25, 0.3) is 10.9 Å². The molecule has 0 saturated heterocycles. The van der Waals surface area contributed by atoms with Gasteiger partial charge in [0.05, 0.1) is 23.3 Å². The third-order valence-electron chi connectivity index (χ3n) is 3.17. The van der Waals surface area contributed by atoms with E-state index in [4.69, 9.17) is 5.73 Å². The molecule has 102 valence electrons. The van der Waals surface area contributed by atoms with Gasteiger partial charge in [0.15, 0.2) is 0 Å². The molecule has 0 radical (unpaired) electrons. The van der Waals surface area contributed by atoms with Crippen molar-refractivity contribution in [2.24, 2.45) is 0 Å². The number of hydrogen-bond acceptors (Lipinski definition) is 6. The highest BCUT2D eigenvalue weighted by Gasteiger charge is 2.16. The minimum absolute atomic E-state index is 0.0868. The van der Waals surface area contributed by atoms with Gasteiger partial charge in [-0.1, -0.05) is 17.4 Å². The topological polar surface area (TPSA) is 86.7 Å². The predicted molar refractivity (Wildman–Crippen MR) is 78.9 cm³/mol. The zero-order chi connectivity index (χ0) is 14.3. The normalized spacial score (nSPS) is 12.7. The summed E-state index contributed by atoms with van der Waals surface area (Å²) >= 11 is 1.28. The van der Waals surface area contributed by atoms with Crippen LogP contribution in [-0.2, 0) is 0 Å². The van der Waals surface area contributed by atoms with Gasteiger partial charge in [0.1, 0.15) is 5.01 Å². The molecule has 0 spiro atoms. The average molecular weight is 287 g/mol. The van der Waals surface area contributed by atoms with E-state index in [1.807, 2.05) is 26.0 Å². The Balaban J connectivity index is 2.15. The zero-order valence-corrected chi connectivity index (χ0v) is 11.9. The standard InChI is InChI=1S/C13H13N5OS/c1-7-3-4-9-10(5-7)15-6-18(12(9)19)8(2)11-16-17-13(14)20-11/h3-6,8H,1-2H3,(H2,14,17). The highest BCUT2D eigenvalue weighted by atomic mass is 32.1. The molecular weight excluding hydrogens is 274 g/mol. The highest BCUT2D eigenvalue weighted by Crippen LogP contribution is 2.22. The second-order valence-corrected chi connectivity index (χ2v) is 5.67. The fourth-order valence-corrected chi connectivity index (χ4v) is 2.72. The Kier molecular flexibility index (Phi) is 2.98. The van der Waals surface area contributed by atoms with Crippen LogP contribution >= 0.6 is 11.3 Å². The number of fused-ring (bicyclic) bond motifs is 1. The summed E-state index contributed by atoms with van der Waals surface area (Å²) in [4.78, 5) is 16.9. The molecule has 0 amide bonds. The third-order valence-corrected chi connectivity index (χ3v) is 4.09. The Morgan fingerprint density at radius 2 is 2.15 bits per heavy atom. The molecule has 1 unspecified atom stereocenters. The van der Waals surface area contributed by atoms with Crippen molar-refractivity contribution in [2.45, 2.75) is 19.9 Å². The van der Waals surface area contributed by atoms with E-state index in [-0.39, 0.29) is 11.6 Å². The van der Waals surface area contributed by atoms with E-state index < -0.39 is 0 Å². The van der Waals surface area contributed by atoms with Gasteiger partial charge in [-0.15, -0.1) is 10.2 Å². The average Bonchev–Trinajstić information content (AvgIpc) is 2.85. The van der Waals surface area contributed by atoms with E-state index in [1.165, 1.54) is 11.3 Å². The van der Waals surface area contributed by atoms with Crippen LogP contribution in [-0.4, -0.2) is 19.7 Å². The van der Waals surface area contributed by atoms with Crippen molar-refractivity contribution in [1.29, 1.82) is 0 Å². The smallest absolute Gasteiger partial charge is 0.261 e. The molecule has 0 aliphatic rings. The minimum Gasteiger partial charge on any atom is -0.374 e. The predicted octanol–water partition coefficient (Wildman–Crippen LogP) is 1.75. The summed E-state index contributed by atoms with van der Waals surface area (Å²) in [5.74, 6) is 0. The number of nitrogen functional groups attached to an aromatic ring is 1. The number of anilines is 1. The van der Waals surface area contributed by atoms with Crippen molar-refractivity contribution in [1.82, 2.24) is 19.7 Å². The summed E-state index contributed by atoms with van der Waals surface area (Å²) in [6.45, 7) is 3.85. The highest BCUT2D eigenvalue weighted by molar-refractivity contribution is 7.15. The summed E-state index contributed by atoms with van der Waals surface area (Å²) in [5.41, 5.74) is 7.27. The maximum atomic E-state index is 12.5. The number of benzene rings is 1. The number of rotatable bonds is 2. The van der Waals surface area contributed by atoms with Crippen molar-refractivity contribution in [3.05, 3.63) is 45.5 Å². The Hall–Kier alpha value is -2.28. The number of hydrogen-bond donors (Lipinski definition) is 1. The SMILES string of the molecule is Cc1ccc2c(=O)n(C(C)c3nnc(N)s3)cnc2c1. The Morgan fingerprint density at radius 1 is 1.35 bits per heavy atom. The minimum atomic E-state index is -0.240. The Bertz CT molecular complexity index is 838. The molecule has 0 bridgehead atoms. The van der Waals surface area contributed by atoms with Crippen molar-refractivity contribution >= 4 is 27.4 Å². The lowest BCUT2D eigenvalue weighted by atomic mass is 10.2. The third kappa shape index (κ3) is 2.05. The molecule has 20 heavy (non-hydrogen) atoms. The van der Waals surface area contributed by atoms with Crippen LogP contribution in [0, 0.1) is 6.92 Å². The van der Waals surface area contributed by atoms with E-state index in [0.717, 1.165) is 5.56 Å². The second-order valence-electron chi connectivity index (χ2n) is 4.63. The van der Waals surface area contributed by atoms with Crippen LogP contribution in [0.3, 0.4) is 0 Å². The first-order valence-corrected chi connectivity index (χ1v) is 6.94. The van der Waals surface area contributed by atoms with Gasteiger partial charge in [0.2, 0.25) is 5.13 Å². The van der Waals surface area contributed by atoms with Crippen LogP contribution in [0.1, 0.15) is 23.5 Å². The van der Waals surface area contributed by atoms with Gasteiger partial charge in [-0.05, 0) is 31.5 Å². The summed E-state index contributed by atoms with van der Waals surface area (Å²) in [6, 6.07) is 5.37. The molecule has 2 N–H and O–H groups in total. The van der Waals surface area contributed by atoms with Gasteiger partial charge >= 0.3 is 0 Å². The van der Waals surface area contributed by atoms with Gasteiger partial charge in [-0.25, -0.2) is 4.98 Å². The molecular formula is C13H13N5OS. The van der Waals surface area contributed by atoms with Gasteiger partial charge in [0.25, 0.3) is 5.56 Å². The molecule has 0 aliphatic carbocycles. The van der Waals surface area contributed by atoms with Gasteiger partial charge in [-0.3, -0.25) is 9.36 Å². The molecule has 1 aromatic carbocycles. The summed E-state index contributed by atoms with van der Waals surface area (Å²) in [5, 5.41) is 9.45. The lowest BCUT2D eigenvalue weighted by molar-refractivity contribution is 0.600. The molecule has 2 heterocycles. The number of nitrogens with two attached hydrogens (primary N) is 1. The van der Waals surface area contributed by atoms with E-state index >= 15 is 0 Å². The molecule has 1 atom stereocenters. The Labute approximate surface area is 118 Å². The summed E-state index contributed by atoms with van der Waals surface area (Å²) < 4.78 is 1.55. The van der Waals surface area contributed by atoms with Gasteiger partial charge < -0.3 is 5.73 Å². The summed E-state index contributed by atoms with van der Waals surface area (Å²) in [6.07, 6.45) is 1.55. The molecule has 7 heteroatoms. The first kappa shape index (κ1) is 12.7. The maximum absolute atomic E-state index is 12.5. The van der Waals surface area contributed by atoms with Crippen LogP contribution in [0.4, 0.5) is 5.13 Å². The lowest BCUT2D eigenvalue weighted by Crippen LogP contribution is -2.24. The van der Waals surface area contributed by atoms with Gasteiger partial charge in [-0.2, -0.15) is 0 Å². The molecule has 2 aromatic heterocycles. The molecule has 3 aromatic rings. The van der Waals surface area contributed by atoms with Crippen molar-refractivity contribution in [2.75, 3.05) is 5.73 Å². The first-order valence-electron chi connectivity index (χ1n) is 6.12. The van der Waals surface area contributed by atoms with Crippen LogP contribution in [0.15, 0.2) is 29.3 Å². The molecule has 0 aliphatic heterocycles. The Morgan fingerprint density at radius 3 is 2.85 bits per heavy atom. The molecule has 3 rings (SSSR count). The van der Waals surface area contributed by atoms with Crippen LogP contribution in [0.2, 0.25) is 0 Å². The van der Waals surface area contributed by atoms with E-state index in [0.29, 0.717) is 21.0 Å². The first-order chi connectivity index (χ1) is 9.56. The van der Waals surface area contributed by atoms with Crippen LogP contribution in [0.5, 0.6) is 0 Å². The van der Waals surface area contributed by atoms with E-state index in [2.05, 4.69) is 15.2 Å². The number of aryl methyl sites for hydroxylation is 1. The molecule has 6 nitrogen and oxygen atoms in total. The monoisotopic (exact) mass is 287 g/mol.